The summed E-state index contributed by atoms with van der Waals surface area (Å²) >= 11 is 8.34. The average Bonchev–Trinajstić information content (AvgIpc) is 3.55. The molecule has 0 amide bonds. The van der Waals surface area contributed by atoms with E-state index >= 15 is 0 Å². The Balaban J connectivity index is 1.67. The minimum Gasteiger partial charge on any atom is -0.497 e. The number of hydrogen-bond acceptors (Lipinski definition) is 4. The van der Waals surface area contributed by atoms with Crippen molar-refractivity contribution >= 4 is 28.1 Å². The van der Waals surface area contributed by atoms with Crippen LogP contribution >= 0.6 is 22.9 Å². The van der Waals surface area contributed by atoms with Crippen molar-refractivity contribution in [1.29, 1.82) is 0 Å². The zero-order chi connectivity index (χ0) is 18.3. The molecular formula is C21H27ClN2OS. The average molecular weight is 391 g/mol. The van der Waals surface area contributed by atoms with Crippen LogP contribution in [0.3, 0.4) is 0 Å². The molecule has 1 heterocycles. The fourth-order valence-corrected chi connectivity index (χ4v) is 5.21. The predicted octanol–water partition coefficient (Wildman–Crippen LogP) is 6.19. The Hall–Kier alpha value is -1.26. The number of aromatic nitrogens is 1. The van der Waals surface area contributed by atoms with Crippen molar-refractivity contribution in [1.82, 2.24) is 4.98 Å². The maximum absolute atomic E-state index is 6.52. The SMILES string of the molecule is CCCN(c1nc(-c2ccc(OC)cc2Cl)c(C)s1)C(C1CC1)C1CC1. The van der Waals surface area contributed by atoms with E-state index in [0.29, 0.717) is 11.1 Å². The van der Waals surface area contributed by atoms with E-state index in [1.807, 2.05) is 29.5 Å². The number of anilines is 1. The third-order valence-corrected chi connectivity index (χ3v) is 6.82. The van der Waals surface area contributed by atoms with E-state index in [2.05, 4.69) is 18.7 Å². The van der Waals surface area contributed by atoms with Gasteiger partial charge in [-0.25, -0.2) is 4.98 Å². The van der Waals surface area contributed by atoms with Crippen LogP contribution in [0, 0.1) is 18.8 Å². The van der Waals surface area contributed by atoms with Crippen LogP contribution in [0.2, 0.25) is 5.02 Å². The molecule has 4 rings (SSSR count). The van der Waals surface area contributed by atoms with Crippen molar-refractivity contribution in [2.24, 2.45) is 11.8 Å². The Morgan fingerprint density at radius 3 is 2.50 bits per heavy atom. The Kier molecular flexibility index (Phi) is 5.15. The highest BCUT2D eigenvalue weighted by atomic mass is 35.5. The van der Waals surface area contributed by atoms with Gasteiger partial charge in [-0.3, -0.25) is 0 Å². The summed E-state index contributed by atoms with van der Waals surface area (Å²) in [7, 11) is 1.66. The van der Waals surface area contributed by atoms with Gasteiger partial charge in [-0.15, -0.1) is 11.3 Å². The number of nitrogens with zero attached hydrogens (tertiary/aromatic N) is 2. The largest absolute Gasteiger partial charge is 0.497 e. The zero-order valence-electron chi connectivity index (χ0n) is 15.8. The van der Waals surface area contributed by atoms with Gasteiger partial charge in [-0.1, -0.05) is 18.5 Å². The van der Waals surface area contributed by atoms with Crippen molar-refractivity contribution in [2.75, 3.05) is 18.6 Å². The molecule has 0 saturated heterocycles. The Bertz CT molecular complexity index is 770. The lowest BCUT2D eigenvalue weighted by atomic mass is 10.1. The van der Waals surface area contributed by atoms with Gasteiger partial charge in [0.15, 0.2) is 5.13 Å². The van der Waals surface area contributed by atoms with E-state index in [0.717, 1.165) is 41.8 Å². The maximum atomic E-state index is 6.52. The van der Waals surface area contributed by atoms with Crippen LogP contribution in [0.15, 0.2) is 18.2 Å². The fraction of sp³-hybridized carbons (Fsp3) is 0.571. The number of methoxy groups -OCH3 is 1. The third kappa shape index (κ3) is 3.59. The molecule has 0 aliphatic heterocycles. The number of aryl methyl sites for hydroxylation is 1. The third-order valence-electron chi connectivity index (χ3n) is 5.50. The summed E-state index contributed by atoms with van der Waals surface area (Å²) in [5.41, 5.74) is 2.02. The Morgan fingerprint density at radius 1 is 1.27 bits per heavy atom. The highest BCUT2D eigenvalue weighted by Gasteiger charge is 2.45. The number of rotatable bonds is 8. The molecule has 5 heteroatoms. The topological polar surface area (TPSA) is 25.4 Å². The summed E-state index contributed by atoms with van der Waals surface area (Å²) in [5.74, 6) is 2.54. The quantitative estimate of drug-likeness (QED) is 0.537. The summed E-state index contributed by atoms with van der Waals surface area (Å²) < 4.78 is 5.28. The molecule has 140 valence electrons. The monoisotopic (exact) mass is 390 g/mol. The van der Waals surface area contributed by atoms with Gasteiger partial charge in [0.1, 0.15) is 5.75 Å². The second-order valence-corrected chi connectivity index (χ2v) is 9.19. The lowest BCUT2D eigenvalue weighted by Gasteiger charge is -2.32. The molecule has 2 aromatic rings. The molecule has 1 aromatic carbocycles. The lowest BCUT2D eigenvalue weighted by Crippen LogP contribution is -2.39. The van der Waals surface area contributed by atoms with E-state index < -0.39 is 0 Å². The van der Waals surface area contributed by atoms with Gasteiger partial charge >= 0.3 is 0 Å². The zero-order valence-corrected chi connectivity index (χ0v) is 17.4. The summed E-state index contributed by atoms with van der Waals surface area (Å²) in [5, 5.41) is 1.88. The normalized spacial score (nSPS) is 17.0. The Morgan fingerprint density at radius 2 is 1.96 bits per heavy atom. The predicted molar refractivity (Wildman–Crippen MR) is 111 cm³/mol. The van der Waals surface area contributed by atoms with Crippen LogP contribution < -0.4 is 9.64 Å². The molecule has 2 saturated carbocycles. The van der Waals surface area contributed by atoms with Gasteiger partial charge in [0, 0.05) is 23.0 Å². The first-order valence-corrected chi connectivity index (χ1v) is 10.9. The van der Waals surface area contributed by atoms with Crippen LogP contribution in [-0.2, 0) is 0 Å². The molecule has 0 N–H and O–H groups in total. The van der Waals surface area contributed by atoms with Gasteiger partial charge in [0.05, 0.1) is 17.8 Å². The number of halogens is 1. The van der Waals surface area contributed by atoms with E-state index in [4.69, 9.17) is 21.3 Å². The van der Waals surface area contributed by atoms with Crippen LogP contribution in [-0.4, -0.2) is 24.7 Å². The van der Waals surface area contributed by atoms with Gasteiger partial charge in [-0.2, -0.15) is 0 Å². The van der Waals surface area contributed by atoms with Gasteiger partial charge < -0.3 is 9.64 Å². The minimum atomic E-state index is 0.694. The van der Waals surface area contributed by atoms with Gasteiger partial charge in [0.2, 0.25) is 0 Å². The molecule has 2 aliphatic carbocycles. The molecule has 2 aliphatic rings. The number of thiazole rings is 1. The molecule has 1 aromatic heterocycles. The summed E-state index contributed by atoms with van der Waals surface area (Å²) in [4.78, 5) is 8.93. The lowest BCUT2D eigenvalue weighted by molar-refractivity contribution is 0.415. The standard InChI is InChI=1S/C21H27ClN2OS/c1-4-11-24(20(14-5-6-14)15-7-8-15)21-23-19(13(2)26-21)17-10-9-16(25-3)12-18(17)22/h9-10,12,14-15,20H,4-8,11H2,1-3H3. The molecule has 2 fully saturated rings. The van der Waals surface area contributed by atoms with E-state index in [-0.39, 0.29) is 0 Å². The van der Waals surface area contributed by atoms with Crippen molar-refractivity contribution in [3.63, 3.8) is 0 Å². The highest BCUT2D eigenvalue weighted by Crippen LogP contribution is 2.49. The van der Waals surface area contributed by atoms with Crippen LogP contribution in [0.25, 0.3) is 11.3 Å². The molecule has 26 heavy (non-hydrogen) atoms. The number of benzene rings is 1. The summed E-state index contributed by atoms with van der Waals surface area (Å²) in [6, 6.07) is 6.55. The van der Waals surface area contributed by atoms with E-state index in [1.165, 1.54) is 35.7 Å². The molecular weight excluding hydrogens is 364 g/mol. The van der Waals surface area contributed by atoms with E-state index in [9.17, 15) is 0 Å². The molecule has 0 radical (unpaired) electrons. The van der Waals surface area contributed by atoms with Gasteiger partial charge in [0.25, 0.3) is 0 Å². The van der Waals surface area contributed by atoms with Crippen LogP contribution in [0.4, 0.5) is 5.13 Å². The number of hydrogen-bond donors (Lipinski definition) is 0. The van der Waals surface area contributed by atoms with Crippen LogP contribution in [0.5, 0.6) is 5.75 Å². The molecule has 0 spiro atoms. The minimum absolute atomic E-state index is 0.694. The maximum Gasteiger partial charge on any atom is 0.186 e. The molecule has 0 atom stereocenters. The van der Waals surface area contributed by atoms with Crippen molar-refractivity contribution < 1.29 is 4.74 Å². The molecule has 3 nitrogen and oxygen atoms in total. The fourth-order valence-electron chi connectivity index (χ4n) is 3.95. The molecule has 0 bridgehead atoms. The van der Waals surface area contributed by atoms with Crippen molar-refractivity contribution in [3.05, 3.63) is 28.1 Å². The highest BCUT2D eigenvalue weighted by molar-refractivity contribution is 7.16. The first-order valence-electron chi connectivity index (χ1n) is 9.70. The van der Waals surface area contributed by atoms with Crippen molar-refractivity contribution in [3.8, 4) is 17.0 Å². The van der Waals surface area contributed by atoms with Crippen molar-refractivity contribution in [2.45, 2.75) is 52.0 Å². The molecule has 0 unspecified atom stereocenters. The second-order valence-electron chi connectivity index (χ2n) is 7.61. The number of ether oxygens (including phenoxy) is 1. The van der Waals surface area contributed by atoms with Crippen LogP contribution in [0.1, 0.15) is 43.9 Å². The first-order chi connectivity index (χ1) is 12.6. The smallest absolute Gasteiger partial charge is 0.186 e. The van der Waals surface area contributed by atoms with E-state index in [1.54, 1.807) is 7.11 Å². The summed E-state index contributed by atoms with van der Waals surface area (Å²) in [6.45, 7) is 5.52. The summed E-state index contributed by atoms with van der Waals surface area (Å²) in [6.07, 6.45) is 6.73. The van der Waals surface area contributed by atoms with Gasteiger partial charge in [-0.05, 0) is 69.1 Å². The second kappa shape index (κ2) is 7.40. The Labute approximate surface area is 165 Å². The first kappa shape index (κ1) is 18.1.